The lowest BCUT2D eigenvalue weighted by molar-refractivity contribution is -0.119. The zero-order valence-corrected chi connectivity index (χ0v) is 11.0. The van der Waals surface area contributed by atoms with Gasteiger partial charge in [0.2, 0.25) is 0 Å². The number of nitrogens with one attached hydrogen (secondary N) is 1. The lowest BCUT2D eigenvalue weighted by Crippen LogP contribution is -2.28. The van der Waals surface area contributed by atoms with Crippen molar-refractivity contribution in [3.05, 3.63) is 65.2 Å². The standard InChI is InChI=1S/C17H17NO/c1-12-5-4-6-13(9-12)10-17(19)16-11-14-7-2-3-8-15(14)18-16/h2-9,16,18H,10-11H2,1H3. The average Bonchev–Trinajstić information content (AvgIpc) is 2.82. The number of anilines is 1. The molecule has 2 aromatic carbocycles. The first kappa shape index (κ1) is 12.0. The first-order valence-corrected chi connectivity index (χ1v) is 6.65. The number of carbonyl (C=O) groups is 1. The van der Waals surface area contributed by atoms with Gasteiger partial charge in [-0.05, 0) is 24.1 Å². The van der Waals surface area contributed by atoms with Crippen LogP contribution in [0.15, 0.2) is 48.5 Å². The summed E-state index contributed by atoms with van der Waals surface area (Å²) >= 11 is 0. The van der Waals surface area contributed by atoms with Crippen LogP contribution in [0.1, 0.15) is 16.7 Å². The van der Waals surface area contributed by atoms with Gasteiger partial charge < -0.3 is 5.32 Å². The fourth-order valence-corrected chi connectivity index (χ4v) is 2.64. The zero-order chi connectivity index (χ0) is 13.2. The maximum absolute atomic E-state index is 12.3. The summed E-state index contributed by atoms with van der Waals surface area (Å²) in [5.74, 6) is 0.266. The van der Waals surface area contributed by atoms with Gasteiger partial charge in [0.15, 0.2) is 5.78 Å². The van der Waals surface area contributed by atoms with E-state index in [0.29, 0.717) is 6.42 Å². The van der Waals surface area contributed by atoms with E-state index in [1.165, 1.54) is 11.1 Å². The van der Waals surface area contributed by atoms with Crippen molar-refractivity contribution in [2.45, 2.75) is 25.8 Å². The van der Waals surface area contributed by atoms with Crippen molar-refractivity contribution >= 4 is 11.5 Å². The lowest BCUT2D eigenvalue weighted by atomic mass is 10.00. The summed E-state index contributed by atoms with van der Waals surface area (Å²) < 4.78 is 0. The number of benzene rings is 2. The average molecular weight is 251 g/mol. The Balaban J connectivity index is 1.70. The fraction of sp³-hybridized carbons (Fsp3) is 0.235. The number of carbonyl (C=O) groups excluding carboxylic acids is 1. The van der Waals surface area contributed by atoms with Gasteiger partial charge in [-0.25, -0.2) is 0 Å². The Morgan fingerprint density at radius 3 is 2.84 bits per heavy atom. The Bertz CT molecular complexity index is 593. The second kappa shape index (κ2) is 4.88. The van der Waals surface area contributed by atoms with Crippen molar-refractivity contribution in [2.75, 3.05) is 5.32 Å². The summed E-state index contributed by atoms with van der Waals surface area (Å²) in [6, 6.07) is 16.2. The van der Waals surface area contributed by atoms with Crippen LogP contribution in [0.2, 0.25) is 0 Å². The van der Waals surface area contributed by atoms with Gasteiger partial charge in [-0.1, -0.05) is 48.0 Å². The minimum Gasteiger partial charge on any atom is -0.375 e. The summed E-state index contributed by atoms with van der Waals surface area (Å²) in [4.78, 5) is 12.3. The van der Waals surface area contributed by atoms with Gasteiger partial charge in [0.25, 0.3) is 0 Å². The van der Waals surface area contributed by atoms with Crippen LogP contribution in [0.5, 0.6) is 0 Å². The van der Waals surface area contributed by atoms with Crippen LogP contribution in [-0.4, -0.2) is 11.8 Å². The molecule has 1 atom stereocenters. The van der Waals surface area contributed by atoms with E-state index in [9.17, 15) is 4.79 Å². The van der Waals surface area contributed by atoms with E-state index in [0.717, 1.165) is 17.7 Å². The first-order chi connectivity index (χ1) is 9.22. The molecule has 1 heterocycles. The van der Waals surface area contributed by atoms with Crippen LogP contribution < -0.4 is 5.32 Å². The van der Waals surface area contributed by atoms with Crippen LogP contribution in [0.25, 0.3) is 0 Å². The van der Waals surface area contributed by atoms with E-state index in [2.05, 4.69) is 30.4 Å². The van der Waals surface area contributed by atoms with Gasteiger partial charge in [-0.15, -0.1) is 0 Å². The molecule has 3 rings (SSSR count). The summed E-state index contributed by atoms with van der Waals surface area (Å²) in [5.41, 5.74) is 4.64. The number of para-hydroxylation sites is 1. The number of hydrogen-bond donors (Lipinski definition) is 1. The van der Waals surface area contributed by atoms with E-state index in [1.807, 2.05) is 30.3 Å². The molecule has 2 aromatic rings. The Hall–Kier alpha value is -2.09. The number of rotatable bonds is 3. The molecule has 1 N–H and O–H groups in total. The molecule has 0 fully saturated rings. The molecule has 0 saturated carbocycles. The maximum atomic E-state index is 12.3. The summed E-state index contributed by atoms with van der Waals surface area (Å²) in [6.45, 7) is 2.05. The molecule has 1 unspecified atom stereocenters. The van der Waals surface area contributed by atoms with Gasteiger partial charge in [-0.2, -0.15) is 0 Å². The quantitative estimate of drug-likeness (QED) is 0.908. The molecule has 1 aliphatic rings. The molecular weight excluding hydrogens is 234 g/mol. The molecule has 1 aliphatic heterocycles. The molecule has 0 amide bonds. The highest BCUT2D eigenvalue weighted by Gasteiger charge is 2.25. The van der Waals surface area contributed by atoms with Gasteiger partial charge in [0.1, 0.15) is 0 Å². The van der Waals surface area contributed by atoms with E-state index >= 15 is 0 Å². The van der Waals surface area contributed by atoms with Crippen LogP contribution in [0.3, 0.4) is 0 Å². The van der Waals surface area contributed by atoms with Gasteiger partial charge >= 0.3 is 0 Å². The third-order valence-corrected chi connectivity index (χ3v) is 3.62. The molecule has 96 valence electrons. The lowest BCUT2D eigenvalue weighted by Gasteiger charge is -2.10. The topological polar surface area (TPSA) is 29.1 Å². The first-order valence-electron chi connectivity index (χ1n) is 6.65. The molecular formula is C17H17NO. The summed E-state index contributed by atoms with van der Waals surface area (Å²) in [5, 5.41) is 3.32. The summed E-state index contributed by atoms with van der Waals surface area (Å²) in [7, 11) is 0. The number of aryl methyl sites for hydroxylation is 1. The SMILES string of the molecule is Cc1cccc(CC(=O)C2Cc3ccccc3N2)c1. The Morgan fingerprint density at radius 1 is 1.21 bits per heavy atom. The van der Waals surface area contributed by atoms with Crippen molar-refractivity contribution in [3.63, 3.8) is 0 Å². The van der Waals surface area contributed by atoms with Crippen molar-refractivity contribution in [1.29, 1.82) is 0 Å². The largest absolute Gasteiger partial charge is 0.375 e. The van der Waals surface area contributed by atoms with Crippen molar-refractivity contribution < 1.29 is 4.79 Å². The molecule has 0 bridgehead atoms. The molecule has 0 saturated heterocycles. The predicted octanol–water partition coefficient (Wildman–Crippen LogP) is 3.14. The fourth-order valence-electron chi connectivity index (χ4n) is 2.64. The van der Waals surface area contributed by atoms with E-state index in [1.54, 1.807) is 0 Å². The highest BCUT2D eigenvalue weighted by molar-refractivity contribution is 5.90. The summed E-state index contributed by atoms with van der Waals surface area (Å²) in [6.07, 6.45) is 1.31. The maximum Gasteiger partial charge on any atom is 0.159 e. The number of hydrogen-bond acceptors (Lipinski definition) is 2. The van der Waals surface area contributed by atoms with E-state index < -0.39 is 0 Å². The van der Waals surface area contributed by atoms with Gasteiger partial charge in [0, 0.05) is 18.5 Å². The molecule has 0 radical (unpaired) electrons. The second-order valence-corrected chi connectivity index (χ2v) is 5.19. The Kier molecular flexibility index (Phi) is 3.08. The predicted molar refractivity (Wildman–Crippen MR) is 77.4 cm³/mol. The molecule has 0 aromatic heterocycles. The van der Waals surface area contributed by atoms with E-state index in [-0.39, 0.29) is 11.8 Å². The third kappa shape index (κ3) is 2.53. The molecule has 0 spiro atoms. The monoisotopic (exact) mass is 251 g/mol. The van der Waals surface area contributed by atoms with Gasteiger partial charge in [0.05, 0.1) is 6.04 Å². The van der Waals surface area contributed by atoms with Crippen molar-refractivity contribution in [1.82, 2.24) is 0 Å². The highest BCUT2D eigenvalue weighted by Crippen LogP contribution is 2.26. The molecule has 2 heteroatoms. The van der Waals surface area contributed by atoms with Crippen molar-refractivity contribution in [3.8, 4) is 0 Å². The highest BCUT2D eigenvalue weighted by atomic mass is 16.1. The normalized spacial score (nSPS) is 16.8. The second-order valence-electron chi connectivity index (χ2n) is 5.19. The van der Waals surface area contributed by atoms with Crippen LogP contribution in [0, 0.1) is 6.92 Å². The molecule has 19 heavy (non-hydrogen) atoms. The smallest absolute Gasteiger partial charge is 0.159 e. The minimum atomic E-state index is -0.0714. The van der Waals surface area contributed by atoms with Gasteiger partial charge in [-0.3, -0.25) is 4.79 Å². The zero-order valence-electron chi connectivity index (χ0n) is 11.0. The number of fused-ring (bicyclic) bond motifs is 1. The molecule has 2 nitrogen and oxygen atoms in total. The minimum absolute atomic E-state index is 0.0714. The third-order valence-electron chi connectivity index (χ3n) is 3.62. The number of ketones is 1. The van der Waals surface area contributed by atoms with E-state index in [4.69, 9.17) is 0 Å². The molecule has 0 aliphatic carbocycles. The van der Waals surface area contributed by atoms with Crippen LogP contribution >= 0.6 is 0 Å². The van der Waals surface area contributed by atoms with Crippen LogP contribution in [0.4, 0.5) is 5.69 Å². The Morgan fingerprint density at radius 2 is 2.05 bits per heavy atom. The number of Topliss-reactive ketones (excluding diaryl/α,β-unsaturated/α-hetero) is 1. The Labute approximate surface area is 113 Å². The van der Waals surface area contributed by atoms with Crippen molar-refractivity contribution in [2.24, 2.45) is 0 Å². The van der Waals surface area contributed by atoms with Crippen LogP contribution in [-0.2, 0) is 17.6 Å².